The highest BCUT2D eigenvalue weighted by molar-refractivity contribution is 6.25. The van der Waals surface area contributed by atoms with Crippen LogP contribution in [-0.2, 0) is 16.0 Å². The van der Waals surface area contributed by atoms with Gasteiger partial charge in [0.25, 0.3) is 5.91 Å². The molecular formula is C20H18N2O7. The van der Waals surface area contributed by atoms with Crippen molar-refractivity contribution in [1.82, 2.24) is 0 Å². The number of primary amides is 1. The Morgan fingerprint density at radius 3 is 2.48 bits per heavy atom. The average Bonchev–Trinajstić information content (AvgIpc) is 2.66. The van der Waals surface area contributed by atoms with Gasteiger partial charge in [0.05, 0.1) is 17.0 Å². The Hall–Kier alpha value is -3.43. The molecule has 0 aromatic heterocycles. The molecule has 0 saturated heterocycles. The molecular weight excluding hydrogens is 380 g/mol. The smallest absolute Gasteiger partial charge is 0.255 e. The lowest BCUT2D eigenvalue weighted by Gasteiger charge is -2.44. The predicted molar refractivity (Wildman–Crippen MR) is 100 cm³/mol. The van der Waals surface area contributed by atoms with Gasteiger partial charge >= 0.3 is 0 Å². The number of hydrogen-bond acceptors (Lipinski definition) is 8. The molecule has 0 spiro atoms. The van der Waals surface area contributed by atoms with E-state index >= 15 is 0 Å². The Morgan fingerprint density at radius 1 is 1.21 bits per heavy atom. The van der Waals surface area contributed by atoms with Gasteiger partial charge < -0.3 is 31.9 Å². The van der Waals surface area contributed by atoms with E-state index in [9.17, 15) is 34.8 Å². The maximum atomic E-state index is 13.3. The Balaban J connectivity index is 2.10. The highest BCUT2D eigenvalue weighted by Crippen LogP contribution is 2.49. The first kappa shape index (κ1) is 18.9. The number of carbonyl (C=O) groups is 3. The van der Waals surface area contributed by atoms with Gasteiger partial charge in [-0.1, -0.05) is 12.1 Å². The van der Waals surface area contributed by atoms with E-state index in [0.717, 1.165) is 0 Å². The van der Waals surface area contributed by atoms with Crippen molar-refractivity contribution >= 4 is 28.2 Å². The number of carbonyl (C=O) groups excluding carboxylic acids is 3. The van der Waals surface area contributed by atoms with Crippen LogP contribution in [0.3, 0.4) is 0 Å². The number of aliphatic hydroxyl groups excluding tert-OH is 1. The molecule has 29 heavy (non-hydrogen) atoms. The van der Waals surface area contributed by atoms with E-state index in [0.29, 0.717) is 16.5 Å². The van der Waals surface area contributed by atoms with Crippen LogP contribution in [0.15, 0.2) is 29.5 Å². The molecule has 2 aromatic carbocycles. The summed E-state index contributed by atoms with van der Waals surface area (Å²) in [4.78, 5) is 37.4. The molecule has 0 fully saturated rings. The molecule has 3 atom stereocenters. The second-order valence-electron chi connectivity index (χ2n) is 7.41. The van der Waals surface area contributed by atoms with Crippen molar-refractivity contribution in [2.45, 2.75) is 25.0 Å². The van der Waals surface area contributed by atoms with Gasteiger partial charge in [0.1, 0.15) is 22.8 Å². The Bertz CT molecular complexity index is 1180. The van der Waals surface area contributed by atoms with E-state index < -0.39 is 52.1 Å². The number of benzene rings is 2. The molecule has 8 N–H and O–H groups in total. The van der Waals surface area contributed by atoms with Crippen molar-refractivity contribution in [2.75, 3.05) is 0 Å². The minimum Gasteiger partial charge on any atom is -0.508 e. The summed E-state index contributed by atoms with van der Waals surface area (Å²) in [7, 11) is 0. The third-order valence-corrected chi connectivity index (χ3v) is 6.04. The zero-order chi connectivity index (χ0) is 21.4. The molecule has 0 radical (unpaired) electrons. The van der Waals surface area contributed by atoms with Crippen molar-refractivity contribution < 1.29 is 34.8 Å². The van der Waals surface area contributed by atoms with E-state index in [2.05, 4.69) is 0 Å². The van der Waals surface area contributed by atoms with Gasteiger partial charge in [-0.3, -0.25) is 14.4 Å². The number of rotatable bonds is 1. The standard InChI is InChI=1S/C20H18N2O7/c1-6-7-3-2-4-10(23)11(7)15(24)12-8(6)5-9-14(21)16(25)13(19(22)28)18(27)20(9,29)17(12)26/h2-4,9,14,23-24,27,29H,5,21H2,1H3,(H2,22,28)/t9?,14-,20-/m0/s1. The number of ketones is 2. The third kappa shape index (κ3) is 2.13. The van der Waals surface area contributed by atoms with Crippen LogP contribution >= 0.6 is 0 Å². The van der Waals surface area contributed by atoms with Crippen LogP contribution in [0.1, 0.15) is 21.5 Å². The molecule has 9 heteroatoms. The number of nitrogens with two attached hydrogens (primary N) is 2. The zero-order valence-electron chi connectivity index (χ0n) is 15.3. The molecule has 0 bridgehead atoms. The lowest BCUT2D eigenvalue weighted by molar-refractivity contribution is -0.127. The van der Waals surface area contributed by atoms with Crippen LogP contribution in [0.5, 0.6) is 11.5 Å². The van der Waals surface area contributed by atoms with Crippen LogP contribution in [0.2, 0.25) is 0 Å². The molecule has 0 heterocycles. The first-order valence-corrected chi connectivity index (χ1v) is 8.80. The van der Waals surface area contributed by atoms with E-state index in [1.807, 2.05) is 0 Å². The number of aliphatic hydroxyl groups is 2. The second-order valence-corrected chi connectivity index (χ2v) is 7.41. The number of aromatic hydroxyl groups is 2. The van der Waals surface area contributed by atoms with Crippen molar-refractivity contribution in [3.8, 4) is 11.5 Å². The first-order chi connectivity index (χ1) is 13.5. The number of hydrogen-bond donors (Lipinski definition) is 6. The maximum absolute atomic E-state index is 13.3. The highest BCUT2D eigenvalue weighted by Gasteiger charge is 2.61. The maximum Gasteiger partial charge on any atom is 0.255 e. The topological polar surface area (TPSA) is 184 Å². The molecule has 1 unspecified atom stereocenters. The van der Waals surface area contributed by atoms with E-state index in [-0.39, 0.29) is 23.1 Å². The molecule has 2 aromatic rings. The Morgan fingerprint density at radius 2 is 1.86 bits per heavy atom. The number of amides is 1. The van der Waals surface area contributed by atoms with Gasteiger partial charge in [-0.05, 0) is 35.9 Å². The average molecular weight is 398 g/mol. The first-order valence-electron chi connectivity index (χ1n) is 8.80. The summed E-state index contributed by atoms with van der Waals surface area (Å²) in [5.41, 5.74) is 7.99. The van der Waals surface area contributed by atoms with Gasteiger partial charge in [0, 0.05) is 5.92 Å². The van der Waals surface area contributed by atoms with Gasteiger partial charge in [0.15, 0.2) is 11.4 Å². The molecule has 4 rings (SSSR count). The quantitative estimate of drug-likeness (QED) is 0.358. The minimum absolute atomic E-state index is 0.00827. The van der Waals surface area contributed by atoms with Gasteiger partial charge in [0.2, 0.25) is 5.78 Å². The van der Waals surface area contributed by atoms with Crippen LogP contribution in [0.4, 0.5) is 0 Å². The molecule has 1 amide bonds. The lowest BCUT2D eigenvalue weighted by atomic mass is 9.62. The van der Waals surface area contributed by atoms with Gasteiger partial charge in [-0.25, -0.2) is 0 Å². The summed E-state index contributed by atoms with van der Waals surface area (Å²) < 4.78 is 0. The number of Topliss-reactive ketones (excluding diaryl/α,β-unsaturated/α-hetero) is 2. The number of phenolic OH excluding ortho intramolecular Hbond substituents is 2. The van der Waals surface area contributed by atoms with Gasteiger partial charge in [-0.15, -0.1) is 0 Å². The SMILES string of the molecule is Cc1c2c(c(O)c3c(O)cccc13)C(=O)[C@]1(O)C(O)=C(C(N)=O)C(=O)[C@@H](N)C1C2. The summed E-state index contributed by atoms with van der Waals surface area (Å²) in [5.74, 6) is -6.73. The molecule has 2 aliphatic carbocycles. The van der Waals surface area contributed by atoms with Crippen molar-refractivity contribution in [1.29, 1.82) is 0 Å². The lowest BCUT2D eigenvalue weighted by Crippen LogP contribution is -2.64. The Labute approximate surface area is 163 Å². The van der Waals surface area contributed by atoms with Gasteiger partial charge in [-0.2, -0.15) is 0 Å². The minimum atomic E-state index is -2.72. The van der Waals surface area contributed by atoms with Crippen LogP contribution in [0.25, 0.3) is 10.8 Å². The predicted octanol–water partition coefficient (Wildman–Crippen LogP) is -0.147. The van der Waals surface area contributed by atoms with Crippen LogP contribution < -0.4 is 11.5 Å². The summed E-state index contributed by atoms with van der Waals surface area (Å²) in [6.07, 6.45) is -0.133. The molecule has 0 saturated carbocycles. The summed E-state index contributed by atoms with van der Waals surface area (Å²) in [6.45, 7) is 1.67. The monoisotopic (exact) mass is 398 g/mol. The van der Waals surface area contributed by atoms with Crippen LogP contribution in [0, 0.1) is 12.8 Å². The fraction of sp³-hybridized carbons (Fsp3) is 0.250. The van der Waals surface area contributed by atoms with E-state index in [1.54, 1.807) is 19.1 Å². The number of phenols is 2. The van der Waals surface area contributed by atoms with Crippen LogP contribution in [-0.4, -0.2) is 49.5 Å². The molecule has 0 aliphatic heterocycles. The molecule has 2 aliphatic rings. The Kier molecular flexibility index (Phi) is 3.77. The largest absolute Gasteiger partial charge is 0.508 e. The van der Waals surface area contributed by atoms with E-state index in [1.165, 1.54) is 6.07 Å². The summed E-state index contributed by atoms with van der Waals surface area (Å²) in [6, 6.07) is 3.07. The second kappa shape index (κ2) is 5.79. The third-order valence-electron chi connectivity index (χ3n) is 6.04. The highest BCUT2D eigenvalue weighted by atomic mass is 16.3. The van der Waals surface area contributed by atoms with Crippen molar-refractivity contribution in [3.63, 3.8) is 0 Å². The van der Waals surface area contributed by atoms with Crippen molar-refractivity contribution in [3.05, 3.63) is 46.2 Å². The van der Waals surface area contributed by atoms with E-state index in [4.69, 9.17) is 11.5 Å². The number of aryl methyl sites for hydroxylation is 1. The fourth-order valence-electron chi connectivity index (χ4n) is 4.51. The number of fused-ring (bicyclic) bond motifs is 3. The normalized spacial score (nSPS) is 26.4. The summed E-state index contributed by atoms with van der Waals surface area (Å²) >= 11 is 0. The zero-order valence-corrected chi connectivity index (χ0v) is 15.3. The van der Waals surface area contributed by atoms with Crippen molar-refractivity contribution in [2.24, 2.45) is 17.4 Å². The fourth-order valence-corrected chi connectivity index (χ4v) is 4.51. The summed E-state index contributed by atoms with van der Waals surface area (Å²) in [5, 5.41) is 43.1. The molecule has 9 nitrogen and oxygen atoms in total. The molecule has 150 valence electrons.